The van der Waals surface area contributed by atoms with Gasteiger partial charge in [0.05, 0.1) is 13.2 Å². The molecule has 0 radical (unpaired) electrons. The van der Waals surface area contributed by atoms with Crippen molar-refractivity contribution >= 4 is 28.9 Å². The van der Waals surface area contributed by atoms with Gasteiger partial charge >= 0.3 is 6.09 Å². The Morgan fingerprint density at radius 1 is 1.19 bits per heavy atom. The maximum absolute atomic E-state index is 12.9. The number of nitrogens with zero attached hydrogens (tertiary/aromatic N) is 2. The molecule has 0 unspecified atom stereocenters. The van der Waals surface area contributed by atoms with Crippen LogP contribution in [0.15, 0.2) is 28.7 Å². The number of benzene rings is 1. The number of amides is 2. The lowest BCUT2D eigenvalue weighted by molar-refractivity contribution is -0.137. The summed E-state index contributed by atoms with van der Waals surface area (Å²) in [5.74, 6) is -0.622. The van der Waals surface area contributed by atoms with Gasteiger partial charge in [0.1, 0.15) is 11.6 Å². The molecule has 1 aliphatic heterocycles. The number of carbonyl (C=O) groups excluding carboxylic acids is 3. The molecule has 3 rings (SSSR count). The molecule has 1 aliphatic rings. The molecule has 1 N–H and O–H groups in total. The third-order valence-corrected chi connectivity index (χ3v) is 5.04. The lowest BCUT2D eigenvalue weighted by atomic mass is 10.0. The molecule has 168 valence electrons. The van der Waals surface area contributed by atoms with Gasteiger partial charge in [-0.1, -0.05) is 32.9 Å². The molecule has 2 aromatic rings. The Balaban J connectivity index is 1.65. The highest BCUT2D eigenvalue weighted by molar-refractivity contribution is 5.98. The Labute approximate surface area is 181 Å². The van der Waals surface area contributed by atoms with Crippen LogP contribution in [0.4, 0.5) is 4.79 Å². The van der Waals surface area contributed by atoms with Gasteiger partial charge < -0.3 is 24.1 Å². The normalized spacial score (nSPS) is 16.2. The van der Waals surface area contributed by atoms with E-state index in [9.17, 15) is 14.4 Å². The number of nitrogens with one attached hydrogen (secondary N) is 1. The first-order valence-electron chi connectivity index (χ1n) is 10.6. The fourth-order valence-corrected chi connectivity index (χ4v) is 3.44. The predicted molar refractivity (Wildman–Crippen MR) is 113 cm³/mol. The van der Waals surface area contributed by atoms with E-state index < -0.39 is 24.0 Å². The molecule has 0 bridgehead atoms. The fourth-order valence-electron chi connectivity index (χ4n) is 3.44. The Morgan fingerprint density at radius 2 is 1.90 bits per heavy atom. The van der Waals surface area contributed by atoms with Crippen LogP contribution in [0.2, 0.25) is 0 Å². The molecule has 1 aromatic carbocycles. The van der Waals surface area contributed by atoms with Crippen molar-refractivity contribution in [2.75, 3.05) is 26.3 Å². The third-order valence-electron chi connectivity index (χ3n) is 5.04. The number of oxazole rings is 1. The number of alkyl carbamates (subject to hydrolysis) is 1. The first kappa shape index (κ1) is 22.7. The zero-order valence-corrected chi connectivity index (χ0v) is 18.1. The van der Waals surface area contributed by atoms with Crippen molar-refractivity contribution in [2.45, 2.75) is 45.8 Å². The first-order chi connectivity index (χ1) is 14.9. The van der Waals surface area contributed by atoms with E-state index in [1.807, 2.05) is 13.8 Å². The van der Waals surface area contributed by atoms with Crippen LogP contribution in [0.3, 0.4) is 0 Å². The lowest BCUT2D eigenvalue weighted by Gasteiger charge is -2.31. The number of carbonyl (C=O) groups is 3. The molecule has 2 amide bonds. The molecule has 1 aromatic heterocycles. The molecule has 9 nitrogen and oxygen atoms in total. The molecule has 2 atom stereocenters. The van der Waals surface area contributed by atoms with Crippen molar-refractivity contribution in [3.05, 3.63) is 30.2 Å². The number of ether oxygens (including phenoxy) is 2. The highest BCUT2D eigenvalue weighted by Crippen LogP contribution is 2.18. The van der Waals surface area contributed by atoms with E-state index in [2.05, 4.69) is 10.3 Å². The lowest BCUT2D eigenvalue weighted by Crippen LogP contribution is -2.52. The predicted octanol–water partition coefficient (Wildman–Crippen LogP) is 2.79. The summed E-state index contributed by atoms with van der Waals surface area (Å²) < 4.78 is 16.2. The Hall–Kier alpha value is -2.94. The van der Waals surface area contributed by atoms with Gasteiger partial charge in [0, 0.05) is 13.1 Å². The molecule has 1 fully saturated rings. The van der Waals surface area contributed by atoms with Gasteiger partial charge in [-0.3, -0.25) is 9.59 Å². The molecular weight excluding hydrogens is 402 g/mol. The van der Waals surface area contributed by atoms with Crippen LogP contribution in [-0.2, 0) is 14.3 Å². The standard InChI is InChI=1S/C22H29N3O6/c1-4-17(19(26)20-23-15-7-5-6-8-18(15)30-20)31-22(28)24-16(13-14(2)3)21(27)25-9-11-29-12-10-25/h5-8,14,16-17H,4,9-13H2,1-3H3,(H,24,28)/t16-,17-/m0/s1. The summed E-state index contributed by atoms with van der Waals surface area (Å²) in [5, 5.41) is 2.65. The molecule has 0 saturated carbocycles. The van der Waals surface area contributed by atoms with Gasteiger partial charge in [0.2, 0.25) is 5.91 Å². The summed E-state index contributed by atoms with van der Waals surface area (Å²) in [7, 11) is 0. The molecule has 0 aliphatic carbocycles. The number of hydrogen-bond acceptors (Lipinski definition) is 7. The number of hydrogen-bond donors (Lipinski definition) is 1. The van der Waals surface area contributed by atoms with E-state index in [4.69, 9.17) is 13.9 Å². The molecule has 31 heavy (non-hydrogen) atoms. The fraction of sp³-hybridized carbons (Fsp3) is 0.545. The van der Waals surface area contributed by atoms with Gasteiger partial charge in [0.25, 0.3) is 11.7 Å². The minimum absolute atomic E-state index is 0.107. The summed E-state index contributed by atoms with van der Waals surface area (Å²) in [6.45, 7) is 7.58. The van der Waals surface area contributed by atoms with E-state index in [1.165, 1.54) is 0 Å². The Morgan fingerprint density at radius 3 is 2.55 bits per heavy atom. The molecule has 0 spiro atoms. The Bertz CT molecular complexity index is 886. The number of fused-ring (bicyclic) bond motifs is 1. The largest absolute Gasteiger partial charge is 0.438 e. The minimum Gasteiger partial charge on any atom is -0.438 e. The summed E-state index contributed by atoms with van der Waals surface area (Å²) in [4.78, 5) is 44.1. The van der Waals surface area contributed by atoms with Crippen LogP contribution in [0.5, 0.6) is 0 Å². The van der Waals surface area contributed by atoms with Crippen molar-refractivity contribution in [1.82, 2.24) is 15.2 Å². The maximum Gasteiger partial charge on any atom is 0.408 e. The van der Waals surface area contributed by atoms with Crippen LogP contribution in [0.1, 0.15) is 44.3 Å². The highest BCUT2D eigenvalue weighted by atomic mass is 16.6. The van der Waals surface area contributed by atoms with Gasteiger partial charge in [0.15, 0.2) is 11.7 Å². The SMILES string of the molecule is CC[C@H](OC(=O)N[C@@H](CC(C)C)C(=O)N1CCOCC1)C(=O)c1nc2ccccc2o1. The topological polar surface area (TPSA) is 111 Å². The third kappa shape index (κ3) is 5.81. The van der Waals surface area contributed by atoms with Crippen LogP contribution < -0.4 is 5.32 Å². The highest BCUT2D eigenvalue weighted by Gasteiger charge is 2.31. The van der Waals surface area contributed by atoms with Crippen LogP contribution in [0, 0.1) is 5.92 Å². The van der Waals surface area contributed by atoms with E-state index >= 15 is 0 Å². The van der Waals surface area contributed by atoms with E-state index in [1.54, 1.807) is 36.1 Å². The second-order valence-corrected chi connectivity index (χ2v) is 7.92. The second kappa shape index (κ2) is 10.4. The summed E-state index contributed by atoms with van der Waals surface area (Å²) in [6.07, 6.45) is -1.17. The Kier molecular flexibility index (Phi) is 7.62. The van der Waals surface area contributed by atoms with Crippen molar-refractivity contribution in [3.8, 4) is 0 Å². The van der Waals surface area contributed by atoms with Gasteiger partial charge in [-0.05, 0) is 30.9 Å². The van der Waals surface area contributed by atoms with E-state index in [0.29, 0.717) is 43.8 Å². The zero-order valence-electron chi connectivity index (χ0n) is 18.1. The van der Waals surface area contributed by atoms with Gasteiger partial charge in [-0.2, -0.15) is 0 Å². The van der Waals surface area contributed by atoms with Crippen LogP contribution in [-0.4, -0.2) is 66.1 Å². The van der Waals surface area contributed by atoms with Crippen molar-refractivity contribution in [1.29, 1.82) is 0 Å². The van der Waals surface area contributed by atoms with Crippen LogP contribution >= 0.6 is 0 Å². The number of ketones is 1. The second-order valence-electron chi connectivity index (χ2n) is 7.92. The van der Waals surface area contributed by atoms with Gasteiger partial charge in [-0.15, -0.1) is 0 Å². The smallest absolute Gasteiger partial charge is 0.408 e. The molecule has 2 heterocycles. The number of aromatic nitrogens is 1. The van der Waals surface area contributed by atoms with Crippen LogP contribution in [0.25, 0.3) is 11.1 Å². The molecule has 9 heteroatoms. The molecule has 1 saturated heterocycles. The quantitative estimate of drug-likeness (QED) is 0.640. The monoisotopic (exact) mass is 431 g/mol. The number of morpholine rings is 1. The number of Topliss-reactive ketones (excluding diaryl/α,β-unsaturated/α-hetero) is 1. The van der Waals surface area contributed by atoms with Crippen molar-refractivity contribution < 1.29 is 28.3 Å². The van der Waals surface area contributed by atoms with Crippen molar-refractivity contribution in [2.24, 2.45) is 5.92 Å². The zero-order chi connectivity index (χ0) is 22.4. The van der Waals surface area contributed by atoms with Gasteiger partial charge in [-0.25, -0.2) is 9.78 Å². The van der Waals surface area contributed by atoms with E-state index in [-0.39, 0.29) is 24.1 Å². The summed E-state index contributed by atoms with van der Waals surface area (Å²) >= 11 is 0. The molecular formula is C22H29N3O6. The van der Waals surface area contributed by atoms with Crippen molar-refractivity contribution in [3.63, 3.8) is 0 Å². The average molecular weight is 431 g/mol. The summed E-state index contributed by atoms with van der Waals surface area (Å²) in [5.41, 5.74) is 1.04. The van der Waals surface area contributed by atoms with E-state index in [0.717, 1.165) is 0 Å². The number of rotatable bonds is 8. The average Bonchev–Trinajstić information content (AvgIpc) is 3.20. The summed E-state index contributed by atoms with van der Waals surface area (Å²) in [6, 6.07) is 6.28. The maximum atomic E-state index is 12.9. The number of para-hydroxylation sites is 2. The first-order valence-corrected chi connectivity index (χ1v) is 10.6. The minimum atomic E-state index is -1.06.